The maximum absolute atomic E-state index is 10.4. The molecule has 4 heteroatoms. The quantitative estimate of drug-likeness (QED) is 0.491. The second-order valence-electron chi connectivity index (χ2n) is 1.96. The van der Waals surface area contributed by atoms with Gasteiger partial charge in [0.1, 0.15) is 0 Å². The molecule has 0 saturated heterocycles. The Labute approximate surface area is 58.2 Å². The lowest BCUT2D eigenvalue weighted by Gasteiger charge is -2.20. The average Bonchev–Trinajstić information content (AvgIpc) is 1.88. The summed E-state index contributed by atoms with van der Waals surface area (Å²) in [6, 6.07) is -0.718. The Kier molecular flexibility index (Phi) is 1.73. The van der Waals surface area contributed by atoms with Crippen LogP contribution in [0.3, 0.4) is 0 Å². The number of aliphatic carboxylic acids is 1. The van der Waals surface area contributed by atoms with Crippen molar-refractivity contribution in [3.8, 4) is 0 Å². The Bertz CT molecular complexity index is 198. The Morgan fingerprint density at radius 1 is 1.60 bits per heavy atom. The first-order valence-electron chi connectivity index (χ1n) is 2.82. The molecule has 0 radical (unpaired) electrons. The molecule has 0 spiro atoms. The summed E-state index contributed by atoms with van der Waals surface area (Å²) in [6.07, 6.45) is 6.36. The van der Waals surface area contributed by atoms with Crippen LogP contribution in [0.2, 0.25) is 0 Å². The van der Waals surface area contributed by atoms with E-state index < -0.39 is 12.0 Å². The Hall–Kier alpha value is -1.29. The van der Waals surface area contributed by atoms with Gasteiger partial charge in [0.25, 0.3) is 0 Å². The van der Waals surface area contributed by atoms with E-state index in [0.29, 0.717) is 0 Å². The van der Waals surface area contributed by atoms with Gasteiger partial charge in [-0.3, -0.25) is 0 Å². The molecule has 4 nitrogen and oxygen atoms in total. The van der Waals surface area contributed by atoms with Crippen molar-refractivity contribution in [2.24, 2.45) is 5.84 Å². The highest BCUT2D eigenvalue weighted by Gasteiger charge is 2.18. The predicted octanol–water partition coefficient (Wildman–Crippen LogP) is -0.301. The van der Waals surface area contributed by atoms with Gasteiger partial charge in [-0.15, -0.1) is 0 Å². The van der Waals surface area contributed by atoms with Crippen LogP contribution in [0.15, 0.2) is 24.4 Å². The van der Waals surface area contributed by atoms with Gasteiger partial charge in [0.15, 0.2) is 6.04 Å². The fourth-order valence-electron chi connectivity index (χ4n) is 0.720. The zero-order valence-electron chi connectivity index (χ0n) is 5.27. The molecule has 1 aliphatic rings. The normalized spacial score (nSPS) is 23.3. The number of rotatable bonds is 1. The van der Waals surface area contributed by atoms with Gasteiger partial charge >= 0.3 is 5.97 Å². The van der Waals surface area contributed by atoms with Gasteiger partial charge in [-0.05, 0) is 12.2 Å². The molecule has 10 heavy (non-hydrogen) atoms. The molecule has 0 aliphatic carbocycles. The van der Waals surface area contributed by atoms with Crippen molar-refractivity contribution in [3.63, 3.8) is 0 Å². The summed E-state index contributed by atoms with van der Waals surface area (Å²) in [6.45, 7) is 0. The van der Waals surface area contributed by atoms with Crippen molar-refractivity contribution >= 4 is 5.97 Å². The van der Waals surface area contributed by atoms with E-state index in [1.165, 1.54) is 12.3 Å². The third-order valence-corrected chi connectivity index (χ3v) is 1.24. The number of hydrogen-bond acceptors (Lipinski definition) is 3. The summed E-state index contributed by atoms with van der Waals surface area (Å²) in [5.74, 6) is 4.35. The van der Waals surface area contributed by atoms with Gasteiger partial charge in [0, 0.05) is 6.20 Å². The number of allylic oxidation sites excluding steroid dienone is 2. The van der Waals surface area contributed by atoms with Crippen molar-refractivity contribution in [1.82, 2.24) is 5.01 Å². The van der Waals surface area contributed by atoms with E-state index in [1.54, 1.807) is 12.2 Å². The van der Waals surface area contributed by atoms with Crippen LogP contribution in [0.4, 0.5) is 0 Å². The SMILES string of the molecule is NN1C=CC=CC1C(=O)O. The number of nitrogens with two attached hydrogens (primary N) is 1. The minimum atomic E-state index is -0.942. The van der Waals surface area contributed by atoms with Crippen molar-refractivity contribution in [2.45, 2.75) is 6.04 Å². The van der Waals surface area contributed by atoms with Crippen molar-refractivity contribution in [3.05, 3.63) is 24.4 Å². The van der Waals surface area contributed by atoms with Gasteiger partial charge in [-0.25, -0.2) is 10.6 Å². The molecule has 0 fully saturated rings. The lowest BCUT2D eigenvalue weighted by molar-refractivity contribution is -0.140. The summed E-state index contributed by atoms with van der Waals surface area (Å²) in [5.41, 5.74) is 0. The van der Waals surface area contributed by atoms with Gasteiger partial charge < -0.3 is 10.1 Å². The van der Waals surface area contributed by atoms with Crippen LogP contribution >= 0.6 is 0 Å². The summed E-state index contributed by atoms with van der Waals surface area (Å²) >= 11 is 0. The smallest absolute Gasteiger partial charge is 0.331 e. The van der Waals surface area contributed by atoms with E-state index in [1.807, 2.05) is 0 Å². The van der Waals surface area contributed by atoms with E-state index in [9.17, 15) is 4.79 Å². The average molecular weight is 140 g/mol. The predicted molar refractivity (Wildman–Crippen MR) is 35.7 cm³/mol. The van der Waals surface area contributed by atoms with Crippen molar-refractivity contribution in [2.75, 3.05) is 0 Å². The van der Waals surface area contributed by atoms with E-state index in [2.05, 4.69) is 0 Å². The van der Waals surface area contributed by atoms with Crippen LogP contribution in [0.1, 0.15) is 0 Å². The lowest BCUT2D eigenvalue weighted by Crippen LogP contribution is -2.41. The van der Waals surface area contributed by atoms with Crippen LogP contribution in [0.5, 0.6) is 0 Å². The van der Waals surface area contributed by atoms with Gasteiger partial charge in [0.05, 0.1) is 0 Å². The molecule has 3 N–H and O–H groups in total. The summed E-state index contributed by atoms with van der Waals surface area (Å²) in [5, 5.41) is 9.64. The standard InChI is InChI=1S/C6H8N2O2/c7-8-4-2-1-3-5(8)6(9)10/h1-5H,7H2,(H,9,10). The Balaban J connectivity index is 2.70. The monoisotopic (exact) mass is 140 g/mol. The fraction of sp³-hybridized carbons (Fsp3) is 0.167. The largest absolute Gasteiger partial charge is 0.479 e. The van der Waals surface area contributed by atoms with E-state index in [0.717, 1.165) is 5.01 Å². The topological polar surface area (TPSA) is 66.6 Å². The molecule has 0 bridgehead atoms. The third-order valence-electron chi connectivity index (χ3n) is 1.24. The molecular weight excluding hydrogens is 132 g/mol. The second-order valence-corrected chi connectivity index (χ2v) is 1.96. The van der Waals surface area contributed by atoms with Crippen LogP contribution in [0, 0.1) is 0 Å². The molecule has 54 valence electrons. The molecule has 1 atom stereocenters. The van der Waals surface area contributed by atoms with Crippen molar-refractivity contribution < 1.29 is 9.90 Å². The highest BCUT2D eigenvalue weighted by atomic mass is 16.4. The molecule has 0 aromatic rings. The molecule has 0 saturated carbocycles. The number of carbonyl (C=O) groups is 1. The number of carboxylic acid groups (broad SMARTS) is 1. The zero-order valence-corrected chi connectivity index (χ0v) is 5.27. The first-order valence-corrected chi connectivity index (χ1v) is 2.82. The minimum absolute atomic E-state index is 0.718. The molecule has 0 aromatic carbocycles. The van der Waals surface area contributed by atoms with Gasteiger partial charge in [-0.2, -0.15) is 0 Å². The lowest BCUT2D eigenvalue weighted by atomic mass is 10.2. The zero-order chi connectivity index (χ0) is 7.56. The highest BCUT2D eigenvalue weighted by molar-refractivity contribution is 5.76. The number of hydrazine groups is 1. The Morgan fingerprint density at radius 2 is 2.30 bits per heavy atom. The van der Waals surface area contributed by atoms with E-state index in [-0.39, 0.29) is 0 Å². The molecular formula is C6H8N2O2. The first-order chi connectivity index (χ1) is 4.72. The molecule has 1 unspecified atom stereocenters. The molecule has 1 heterocycles. The molecule has 1 rings (SSSR count). The molecule has 0 aromatic heterocycles. The van der Waals surface area contributed by atoms with Gasteiger partial charge in [-0.1, -0.05) is 6.08 Å². The maximum atomic E-state index is 10.4. The number of nitrogens with zero attached hydrogens (tertiary/aromatic N) is 1. The first kappa shape index (κ1) is 6.82. The maximum Gasteiger partial charge on any atom is 0.331 e. The minimum Gasteiger partial charge on any atom is -0.479 e. The summed E-state index contributed by atoms with van der Waals surface area (Å²) in [4.78, 5) is 10.4. The van der Waals surface area contributed by atoms with Crippen molar-refractivity contribution in [1.29, 1.82) is 0 Å². The van der Waals surface area contributed by atoms with Crippen LogP contribution in [-0.2, 0) is 4.79 Å². The number of hydrogen-bond donors (Lipinski definition) is 2. The van der Waals surface area contributed by atoms with E-state index in [4.69, 9.17) is 10.9 Å². The van der Waals surface area contributed by atoms with E-state index >= 15 is 0 Å². The Morgan fingerprint density at radius 3 is 2.70 bits per heavy atom. The van der Waals surface area contributed by atoms with Gasteiger partial charge in [0.2, 0.25) is 0 Å². The number of carboxylic acids is 1. The molecule has 0 amide bonds. The van der Waals surface area contributed by atoms with Crippen LogP contribution in [-0.4, -0.2) is 22.1 Å². The van der Waals surface area contributed by atoms with Crippen LogP contribution < -0.4 is 5.84 Å². The fourth-order valence-corrected chi connectivity index (χ4v) is 0.720. The van der Waals surface area contributed by atoms with Crippen LogP contribution in [0.25, 0.3) is 0 Å². The summed E-state index contributed by atoms with van der Waals surface area (Å²) in [7, 11) is 0. The summed E-state index contributed by atoms with van der Waals surface area (Å²) < 4.78 is 0. The second kappa shape index (κ2) is 2.53. The highest BCUT2D eigenvalue weighted by Crippen LogP contribution is 2.02. The molecule has 1 aliphatic heterocycles. The third kappa shape index (κ3) is 1.16.